The lowest BCUT2D eigenvalue weighted by molar-refractivity contribution is -0.131. The second kappa shape index (κ2) is 8.43. The molecule has 1 fully saturated rings. The van der Waals surface area contributed by atoms with E-state index in [0.717, 1.165) is 25.6 Å². The van der Waals surface area contributed by atoms with Crippen molar-refractivity contribution in [3.05, 3.63) is 48.5 Å². The monoisotopic (exact) mass is 566 g/mol. The smallest absolute Gasteiger partial charge is 0.310 e. The molecule has 0 unspecified atom stereocenters. The maximum absolute atomic E-state index is 14.1. The number of hydrogen-bond acceptors (Lipinski definition) is 4. The molecule has 0 saturated heterocycles. The summed E-state index contributed by atoms with van der Waals surface area (Å²) >= 11 is 5.31. The highest BCUT2D eigenvalue weighted by atomic mass is 35.5. The average molecular weight is 567 g/mol. The lowest BCUT2D eigenvalue weighted by atomic mass is 9.89. The Hall–Kier alpha value is -2.68. The molecule has 1 saturated carbocycles. The standard InChI is InChI=1S/C20H19ClF8N4O2S/c1-19(12-9-30-11-31-10-12,18(35)32-13-6-7-20(23,24)8-13)33(17(34)16(21)22)14-2-4-15(5-3-14)36(25,26,27,28)29/h2-5,9-11,13,16H,6-8H2,1H3,(H,32,35)/t13-,16-,19+/m0/s1. The summed E-state index contributed by atoms with van der Waals surface area (Å²) in [7, 11) is -10.1. The Bertz CT molecular complexity index is 1150. The zero-order valence-corrected chi connectivity index (χ0v) is 19.9. The van der Waals surface area contributed by atoms with Crippen molar-refractivity contribution < 1.29 is 42.2 Å². The first-order valence-electron chi connectivity index (χ1n) is 10.2. The number of nitrogens with zero attached hydrogens (tertiary/aromatic N) is 3. The third kappa shape index (κ3) is 5.82. The van der Waals surface area contributed by atoms with Gasteiger partial charge in [0.2, 0.25) is 5.92 Å². The topological polar surface area (TPSA) is 75.2 Å². The Labute approximate surface area is 204 Å². The van der Waals surface area contributed by atoms with Gasteiger partial charge < -0.3 is 5.32 Å². The van der Waals surface area contributed by atoms with Gasteiger partial charge in [0.15, 0.2) is 5.54 Å². The van der Waals surface area contributed by atoms with E-state index in [2.05, 4.69) is 15.3 Å². The Balaban J connectivity index is 2.15. The normalized spacial score (nSPS) is 22.0. The van der Waals surface area contributed by atoms with Gasteiger partial charge in [-0.2, -0.15) is 0 Å². The minimum Gasteiger partial charge on any atom is -0.351 e. The number of carbonyl (C=O) groups is 2. The summed E-state index contributed by atoms with van der Waals surface area (Å²) in [5, 5.41) is 2.34. The van der Waals surface area contributed by atoms with E-state index in [-0.39, 0.29) is 24.1 Å². The molecule has 1 heterocycles. The van der Waals surface area contributed by atoms with Crippen molar-refractivity contribution >= 4 is 39.3 Å². The minimum atomic E-state index is -10.1. The SMILES string of the molecule is C[C@](C(=O)N[C@H]1CCC(F)(F)C1)(c1cncnc1)N(C(=O)[C@H](F)Cl)c1ccc(S(F)(F)(F)(F)F)cc1. The second-order valence-electron chi connectivity index (χ2n) is 8.41. The van der Waals surface area contributed by atoms with Crippen LogP contribution in [-0.2, 0) is 15.1 Å². The van der Waals surface area contributed by atoms with Crippen LogP contribution < -0.4 is 10.2 Å². The van der Waals surface area contributed by atoms with Crippen LogP contribution in [0.4, 0.5) is 38.3 Å². The maximum Gasteiger partial charge on any atom is 0.310 e. The van der Waals surface area contributed by atoms with Crippen LogP contribution in [0.15, 0.2) is 47.9 Å². The maximum atomic E-state index is 14.1. The molecule has 1 aliphatic carbocycles. The van der Waals surface area contributed by atoms with Crippen molar-refractivity contribution in [3.63, 3.8) is 0 Å². The Kier molecular flexibility index (Phi) is 6.53. The molecule has 1 aromatic carbocycles. The van der Waals surface area contributed by atoms with Gasteiger partial charge in [-0.3, -0.25) is 14.5 Å². The van der Waals surface area contributed by atoms with E-state index in [4.69, 9.17) is 11.6 Å². The molecule has 0 aliphatic heterocycles. The third-order valence-electron chi connectivity index (χ3n) is 5.70. The number of nitrogens with one attached hydrogen (secondary N) is 1. The summed E-state index contributed by atoms with van der Waals surface area (Å²) in [5.41, 5.74) is -6.00. The summed E-state index contributed by atoms with van der Waals surface area (Å²) in [6, 6.07) is -0.250. The van der Waals surface area contributed by atoms with Gasteiger partial charge in [0, 0.05) is 42.5 Å². The number of benzene rings is 1. The van der Waals surface area contributed by atoms with Crippen LogP contribution in [0.3, 0.4) is 0 Å². The number of aromatic nitrogens is 2. The van der Waals surface area contributed by atoms with E-state index in [9.17, 15) is 42.2 Å². The van der Waals surface area contributed by atoms with E-state index in [1.807, 2.05) is 0 Å². The molecule has 3 atom stereocenters. The lowest BCUT2D eigenvalue weighted by Crippen LogP contribution is -2.59. The molecule has 1 aliphatic rings. The molecule has 1 aromatic heterocycles. The third-order valence-corrected chi connectivity index (χ3v) is 7.05. The summed E-state index contributed by atoms with van der Waals surface area (Å²) < 4.78 is 107. The number of hydrogen-bond donors (Lipinski definition) is 1. The van der Waals surface area contributed by atoms with Crippen LogP contribution in [0.25, 0.3) is 0 Å². The summed E-state index contributed by atoms with van der Waals surface area (Å²) in [5.74, 6) is -5.85. The first-order valence-corrected chi connectivity index (χ1v) is 12.5. The van der Waals surface area contributed by atoms with Gasteiger partial charge in [0.05, 0.1) is 0 Å². The predicted octanol–water partition coefficient (Wildman–Crippen LogP) is 6.22. The van der Waals surface area contributed by atoms with Gasteiger partial charge in [0.1, 0.15) is 11.2 Å². The zero-order valence-electron chi connectivity index (χ0n) is 18.3. The minimum absolute atomic E-state index is 0.0318. The molecular formula is C20H19ClF8N4O2S. The van der Waals surface area contributed by atoms with Gasteiger partial charge in [-0.05, 0) is 37.6 Å². The molecule has 36 heavy (non-hydrogen) atoms. The van der Waals surface area contributed by atoms with Crippen molar-refractivity contribution in [1.29, 1.82) is 0 Å². The van der Waals surface area contributed by atoms with Crippen LogP contribution in [0.1, 0.15) is 31.7 Å². The molecule has 2 aromatic rings. The van der Waals surface area contributed by atoms with Crippen molar-refractivity contribution in [1.82, 2.24) is 15.3 Å². The molecule has 0 radical (unpaired) electrons. The van der Waals surface area contributed by atoms with Gasteiger partial charge >= 0.3 is 10.2 Å². The van der Waals surface area contributed by atoms with E-state index >= 15 is 0 Å². The highest BCUT2D eigenvalue weighted by Gasteiger charge is 2.65. The van der Waals surface area contributed by atoms with E-state index in [0.29, 0.717) is 17.0 Å². The van der Waals surface area contributed by atoms with Gasteiger partial charge in [-0.15, -0.1) is 0 Å². The fourth-order valence-corrected chi connectivity index (χ4v) is 4.62. The fourth-order valence-electron chi connectivity index (χ4n) is 3.87. The van der Waals surface area contributed by atoms with Gasteiger partial charge in [-0.1, -0.05) is 31.0 Å². The van der Waals surface area contributed by atoms with Crippen molar-refractivity contribution in [2.45, 2.75) is 54.2 Å². The molecule has 6 nitrogen and oxygen atoms in total. The lowest BCUT2D eigenvalue weighted by Gasteiger charge is -2.42. The number of amides is 2. The molecule has 0 spiro atoms. The summed E-state index contributed by atoms with van der Waals surface area (Å²) in [6.07, 6.45) is 1.70. The highest BCUT2D eigenvalue weighted by Crippen LogP contribution is 3.02. The molecule has 3 rings (SSSR count). The summed E-state index contributed by atoms with van der Waals surface area (Å²) in [6.45, 7) is 1.03. The van der Waals surface area contributed by atoms with Crippen LogP contribution >= 0.6 is 21.8 Å². The van der Waals surface area contributed by atoms with Crippen LogP contribution in [0.2, 0.25) is 0 Å². The zero-order chi connectivity index (χ0) is 27.2. The quantitative estimate of drug-likeness (QED) is 0.319. The van der Waals surface area contributed by atoms with Crippen molar-refractivity contribution in [2.75, 3.05) is 4.90 Å². The van der Waals surface area contributed by atoms with E-state index < -0.39 is 68.6 Å². The molecule has 0 bridgehead atoms. The number of halogens is 9. The Morgan fingerprint density at radius 3 is 2.14 bits per heavy atom. The first kappa shape index (κ1) is 27.9. The number of carbonyl (C=O) groups excluding carboxylic acids is 2. The predicted molar refractivity (Wildman–Crippen MR) is 116 cm³/mol. The fraction of sp³-hybridized carbons (Fsp3) is 0.400. The van der Waals surface area contributed by atoms with Crippen molar-refractivity contribution in [3.8, 4) is 0 Å². The first-order chi connectivity index (χ1) is 16.2. The van der Waals surface area contributed by atoms with Crippen LogP contribution in [-0.4, -0.2) is 39.4 Å². The number of rotatable bonds is 7. The van der Waals surface area contributed by atoms with E-state index in [1.54, 1.807) is 0 Å². The van der Waals surface area contributed by atoms with Crippen molar-refractivity contribution in [2.24, 2.45) is 0 Å². The van der Waals surface area contributed by atoms with E-state index in [1.165, 1.54) is 0 Å². The molecule has 2 amide bonds. The molecule has 16 heteroatoms. The van der Waals surface area contributed by atoms with Gasteiger partial charge in [0.25, 0.3) is 17.4 Å². The molecular weight excluding hydrogens is 548 g/mol. The molecule has 200 valence electrons. The summed E-state index contributed by atoms with van der Waals surface area (Å²) in [4.78, 5) is 31.7. The van der Waals surface area contributed by atoms with Crippen LogP contribution in [0, 0.1) is 0 Å². The number of alkyl halides is 4. The van der Waals surface area contributed by atoms with Crippen LogP contribution in [0.5, 0.6) is 0 Å². The average Bonchev–Trinajstić information content (AvgIpc) is 3.11. The number of anilines is 1. The highest BCUT2D eigenvalue weighted by molar-refractivity contribution is 8.45. The van der Waals surface area contributed by atoms with Gasteiger partial charge in [-0.25, -0.2) is 23.1 Å². The largest absolute Gasteiger partial charge is 0.351 e. The second-order valence-corrected chi connectivity index (χ2v) is 11.2. The molecule has 1 N–H and O–H groups in total. The Morgan fingerprint density at radius 1 is 1.14 bits per heavy atom. The Morgan fingerprint density at radius 2 is 1.69 bits per heavy atom.